The van der Waals surface area contributed by atoms with Crippen LogP contribution in [0.15, 0.2) is 54.7 Å². The van der Waals surface area contributed by atoms with E-state index >= 15 is 0 Å². The van der Waals surface area contributed by atoms with Crippen molar-refractivity contribution in [3.05, 3.63) is 82.9 Å². The fourth-order valence-electron chi connectivity index (χ4n) is 4.94. The number of ether oxygens (including phenoxy) is 2. The van der Waals surface area contributed by atoms with Crippen molar-refractivity contribution < 1.29 is 28.6 Å². The number of Topliss-reactive ketones (excluding diaryl/α,β-unsaturated/α-hetero) is 1. The van der Waals surface area contributed by atoms with E-state index in [1.807, 2.05) is 13.0 Å². The van der Waals surface area contributed by atoms with Crippen LogP contribution in [0.25, 0.3) is 22.2 Å². The van der Waals surface area contributed by atoms with Crippen LogP contribution in [0.1, 0.15) is 53.9 Å². The molecule has 2 atom stereocenters. The van der Waals surface area contributed by atoms with E-state index in [-0.39, 0.29) is 30.9 Å². The van der Waals surface area contributed by atoms with Crippen molar-refractivity contribution in [1.29, 1.82) is 0 Å². The number of ketones is 1. The molecule has 5 rings (SSSR count). The van der Waals surface area contributed by atoms with Crippen molar-refractivity contribution in [2.45, 2.75) is 44.6 Å². The first-order valence-corrected chi connectivity index (χ1v) is 12.9. The van der Waals surface area contributed by atoms with Crippen LogP contribution in [0.5, 0.6) is 11.5 Å². The third-order valence-corrected chi connectivity index (χ3v) is 7.55. The van der Waals surface area contributed by atoms with Crippen molar-refractivity contribution in [2.24, 2.45) is 5.73 Å². The topological polar surface area (TPSA) is 125 Å². The third kappa shape index (κ3) is 4.77. The Kier molecular flexibility index (Phi) is 6.79. The van der Waals surface area contributed by atoms with Gasteiger partial charge in [0.1, 0.15) is 46.1 Å². The molecule has 40 heavy (non-hydrogen) atoms. The number of amides is 1. The van der Waals surface area contributed by atoms with Gasteiger partial charge in [0.15, 0.2) is 5.78 Å². The van der Waals surface area contributed by atoms with Gasteiger partial charge >= 0.3 is 0 Å². The molecule has 1 amide bonds. The Hall–Kier alpha value is -4.37. The first kappa shape index (κ1) is 27.2. The number of benzene rings is 2. The van der Waals surface area contributed by atoms with E-state index in [1.165, 1.54) is 19.2 Å². The molecule has 1 aliphatic heterocycles. The minimum absolute atomic E-state index is 0.00907. The Morgan fingerprint density at radius 1 is 1.20 bits per heavy atom. The molecule has 0 fully saturated rings. The maximum atomic E-state index is 13.6. The lowest BCUT2D eigenvalue weighted by Crippen LogP contribution is -2.40. The van der Waals surface area contributed by atoms with Crippen LogP contribution in [0.3, 0.4) is 0 Å². The smallest absolute Gasteiger partial charge is 0.231 e. The highest BCUT2D eigenvalue weighted by Crippen LogP contribution is 2.46. The summed E-state index contributed by atoms with van der Waals surface area (Å²) in [6, 6.07) is 12.6. The number of fused-ring (bicyclic) bond motifs is 2. The van der Waals surface area contributed by atoms with Crippen LogP contribution in [0.2, 0.25) is 0 Å². The average molecular weight is 544 g/mol. The number of aliphatic hydroxyl groups is 1. The van der Waals surface area contributed by atoms with Gasteiger partial charge in [0.05, 0.1) is 12.8 Å². The van der Waals surface area contributed by atoms with Crippen LogP contribution < -0.4 is 15.2 Å². The first-order valence-electron chi connectivity index (χ1n) is 12.9. The summed E-state index contributed by atoms with van der Waals surface area (Å²) in [7, 11) is 1.52. The van der Waals surface area contributed by atoms with Gasteiger partial charge in [-0.1, -0.05) is 0 Å². The number of carbonyl (C=O) groups excluding carboxylic acids is 2. The number of primary amides is 1. The molecule has 206 valence electrons. The van der Waals surface area contributed by atoms with E-state index in [1.54, 1.807) is 50.4 Å². The Balaban J connectivity index is 1.50. The summed E-state index contributed by atoms with van der Waals surface area (Å²) in [5, 5.41) is 12.4. The molecule has 0 bridgehead atoms. The molecule has 0 saturated heterocycles. The molecule has 0 unspecified atom stereocenters. The molecule has 0 radical (unpaired) electrons. The number of hydrogen-bond donors (Lipinski definition) is 2. The summed E-state index contributed by atoms with van der Waals surface area (Å²) >= 11 is 0. The molecule has 4 aromatic rings. The summed E-state index contributed by atoms with van der Waals surface area (Å²) in [4.78, 5) is 34.8. The van der Waals surface area contributed by atoms with Gasteiger partial charge in [-0.05, 0) is 81.3 Å². The largest absolute Gasteiger partial charge is 0.494 e. The highest BCUT2D eigenvalue weighted by Gasteiger charge is 2.45. The van der Waals surface area contributed by atoms with Crippen LogP contribution in [0, 0.1) is 12.7 Å². The number of aryl methyl sites for hydroxylation is 1. The second-order valence-electron chi connectivity index (χ2n) is 10.7. The Bertz CT molecular complexity index is 1650. The van der Waals surface area contributed by atoms with E-state index < -0.39 is 22.7 Å². The minimum Gasteiger partial charge on any atom is -0.494 e. The van der Waals surface area contributed by atoms with Crippen molar-refractivity contribution in [3.8, 4) is 22.8 Å². The normalized spacial score (nSPS) is 17.6. The van der Waals surface area contributed by atoms with E-state index in [9.17, 15) is 19.1 Å². The molecule has 3 N–H and O–H groups in total. The standard InChI is InChI=1S/C31H30FN3O5/c1-17-11-20-12-19(13-24(39-4)26(20)34-15-17)23(36)9-10-31(3,38)25-14-22-28(40-16-30(22,2)29(33)37)27(35-25)18-5-7-21(32)8-6-18/h5-8,11-15,38H,9-10,16H2,1-4H3,(H2,33,37)/t30-,31-/m0/s1. The number of nitrogens with zero attached hydrogens (tertiary/aromatic N) is 2. The fourth-order valence-corrected chi connectivity index (χ4v) is 4.94. The molecule has 0 saturated carbocycles. The van der Waals surface area contributed by atoms with Crippen LogP contribution in [0.4, 0.5) is 4.39 Å². The fraction of sp³-hybridized carbons (Fsp3) is 0.290. The van der Waals surface area contributed by atoms with Crippen molar-refractivity contribution in [2.75, 3.05) is 13.7 Å². The van der Waals surface area contributed by atoms with Gasteiger partial charge in [0.2, 0.25) is 5.91 Å². The number of nitrogens with two attached hydrogens (primary N) is 1. The Morgan fingerprint density at radius 3 is 2.60 bits per heavy atom. The monoisotopic (exact) mass is 543 g/mol. The van der Waals surface area contributed by atoms with Crippen LogP contribution in [-0.2, 0) is 15.8 Å². The predicted molar refractivity (Wildman–Crippen MR) is 148 cm³/mol. The van der Waals surface area contributed by atoms with Crippen LogP contribution >= 0.6 is 0 Å². The SMILES string of the molecule is COc1cc(C(=O)CC[C@](C)(O)c2cc3c(c(-c4ccc(F)cc4)n2)OC[C@]3(C)C(N)=O)cc2cc(C)cnc12. The number of aromatic nitrogens is 2. The predicted octanol–water partition coefficient (Wildman–Crippen LogP) is 4.76. The average Bonchev–Trinajstić information content (AvgIpc) is 3.28. The van der Waals surface area contributed by atoms with Gasteiger partial charge in [-0.15, -0.1) is 0 Å². The maximum Gasteiger partial charge on any atom is 0.231 e. The molecule has 8 nitrogen and oxygen atoms in total. The second kappa shape index (κ2) is 9.98. The van der Waals surface area contributed by atoms with E-state index in [2.05, 4.69) is 9.97 Å². The second-order valence-corrected chi connectivity index (χ2v) is 10.7. The van der Waals surface area contributed by atoms with E-state index in [0.29, 0.717) is 39.4 Å². The zero-order valence-electron chi connectivity index (χ0n) is 22.7. The minimum atomic E-state index is -1.56. The number of pyridine rings is 2. The third-order valence-electron chi connectivity index (χ3n) is 7.55. The first-order chi connectivity index (χ1) is 18.9. The molecule has 2 aromatic heterocycles. The van der Waals surface area contributed by atoms with Crippen molar-refractivity contribution in [3.63, 3.8) is 0 Å². The van der Waals surface area contributed by atoms with Gasteiger partial charge in [-0.25, -0.2) is 9.37 Å². The molecule has 2 aromatic carbocycles. The van der Waals surface area contributed by atoms with Crippen molar-refractivity contribution >= 4 is 22.6 Å². The van der Waals surface area contributed by atoms with E-state index in [4.69, 9.17) is 15.2 Å². The lowest BCUT2D eigenvalue weighted by molar-refractivity contribution is -0.123. The number of rotatable bonds is 8. The molecule has 9 heteroatoms. The Morgan fingerprint density at radius 2 is 1.93 bits per heavy atom. The molecule has 1 aliphatic rings. The van der Waals surface area contributed by atoms with Gasteiger partial charge < -0.3 is 20.3 Å². The number of halogens is 1. The van der Waals surface area contributed by atoms with Gasteiger partial charge in [0.25, 0.3) is 0 Å². The maximum absolute atomic E-state index is 13.6. The summed E-state index contributed by atoms with van der Waals surface area (Å²) in [6.45, 7) is 5.16. The number of methoxy groups -OCH3 is 1. The highest BCUT2D eigenvalue weighted by molar-refractivity contribution is 6.01. The zero-order chi connectivity index (χ0) is 28.8. The summed E-state index contributed by atoms with van der Waals surface area (Å²) in [5.41, 5.74) is 6.71. The van der Waals surface area contributed by atoms with Gasteiger partial charge in [-0.2, -0.15) is 0 Å². The quantitative estimate of drug-likeness (QED) is 0.307. The number of hydrogen-bond acceptors (Lipinski definition) is 7. The van der Waals surface area contributed by atoms with Crippen molar-refractivity contribution in [1.82, 2.24) is 9.97 Å². The van der Waals surface area contributed by atoms with Gasteiger partial charge in [-0.3, -0.25) is 14.6 Å². The molecule has 0 aliphatic carbocycles. The molecule has 3 heterocycles. The molecular formula is C31H30FN3O5. The number of carbonyl (C=O) groups is 2. The lowest BCUT2D eigenvalue weighted by atomic mass is 9.81. The molecular weight excluding hydrogens is 513 g/mol. The lowest BCUT2D eigenvalue weighted by Gasteiger charge is -2.26. The molecule has 0 spiro atoms. The summed E-state index contributed by atoms with van der Waals surface area (Å²) < 4.78 is 25.0. The summed E-state index contributed by atoms with van der Waals surface area (Å²) in [6.07, 6.45) is 1.79. The van der Waals surface area contributed by atoms with Crippen LogP contribution in [-0.4, -0.2) is 40.5 Å². The zero-order valence-corrected chi connectivity index (χ0v) is 22.7. The summed E-state index contributed by atoms with van der Waals surface area (Å²) in [5.74, 6) is -0.343. The van der Waals surface area contributed by atoms with E-state index in [0.717, 1.165) is 10.9 Å². The highest BCUT2D eigenvalue weighted by atomic mass is 19.1. The Labute approximate surface area is 231 Å². The van der Waals surface area contributed by atoms with Gasteiger partial charge in [0, 0.05) is 34.7 Å².